The van der Waals surface area contributed by atoms with E-state index in [9.17, 15) is 0 Å². The summed E-state index contributed by atoms with van der Waals surface area (Å²) in [5.41, 5.74) is 0. The van der Waals surface area contributed by atoms with E-state index >= 15 is 0 Å². The van der Waals surface area contributed by atoms with Crippen molar-refractivity contribution in [3.8, 4) is 0 Å². The molecule has 0 amide bonds. The molecule has 4 unspecified atom stereocenters. The summed E-state index contributed by atoms with van der Waals surface area (Å²) < 4.78 is 27.9. The van der Waals surface area contributed by atoms with Crippen LogP contribution in [0.3, 0.4) is 0 Å². The molecule has 0 aromatic rings. The van der Waals surface area contributed by atoms with E-state index < -0.39 is 16.3 Å². The fourth-order valence-corrected chi connectivity index (χ4v) is 11.5. The number of halogens is 1. The van der Waals surface area contributed by atoms with E-state index in [1.807, 2.05) is 0 Å². The first-order valence-electron chi connectivity index (χ1n) is 8.93. The van der Waals surface area contributed by atoms with Crippen molar-refractivity contribution < 1.29 is 35.3 Å². The Bertz CT molecular complexity index is 285. The molecular weight excluding hydrogens is 528 g/mol. The maximum absolute atomic E-state index is 7.44. The summed E-state index contributed by atoms with van der Waals surface area (Å²) in [4.78, 5) is 0. The first-order chi connectivity index (χ1) is 12.8. The molecule has 0 saturated heterocycles. The third-order valence-electron chi connectivity index (χ3n) is 3.52. The molecule has 0 aromatic carbocycles. The van der Waals surface area contributed by atoms with Gasteiger partial charge in [0.05, 0.1) is 24.6 Å². The molecule has 0 radical (unpaired) electrons. The second kappa shape index (κ2) is 28.2. The summed E-state index contributed by atoms with van der Waals surface area (Å²) in [7, 11) is 11.0. The van der Waals surface area contributed by atoms with Crippen LogP contribution in [0, 0.1) is 3.84 Å². The van der Waals surface area contributed by atoms with Gasteiger partial charge < -0.3 is 18.9 Å². The first-order valence-corrected chi connectivity index (χ1v) is 21.8. The number of hydrogen-bond donors (Lipinski definition) is 0. The topological polar surface area (TPSA) is 60.7 Å². The molecule has 0 rings (SSSR count). The molecule has 0 bridgehead atoms. The van der Waals surface area contributed by atoms with Crippen molar-refractivity contribution >= 4 is 41.3 Å². The van der Waals surface area contributed by atoms with Gasteiger partial charge in [0.1, 0.15) is 0 Å². The van der Waals surface area contributed by atoms with Crippen molar-refractivity contribution in [2.75, 3.05) is 105 Å². The van der Waals surface area contributed by atoms with Crippen molar-refractivity contribution in [3.05, 3.63) is 0 Å². The third-order valence-corrected chi connectivity index (χ3v) is 12.1. The Morgan fingerprint density at radius 2 is 0.741 bits per heavy atom. The average Bonchev–Trinajstić information content (AvgIpc) is 2.61. The summed E-state index contributed by atoms with van der Waals surface area (Å²) in [5, 5.41) is 0. The molecule has 0 fully saturated rings. The predicted octanol–water partition coefficient (Wildman–Crippen LogP) is 4.47. The van der Waals surface area contributed by atoms with E-state index in [0.717, 1.165) is 25.4 Å². The Balaban J connectivity index is -0.000000372. The van der Waals surface area contributed by atoms with Gasteiger partial charge in [-0.3, -0.25) is 0 Å². The molecule has 167 valence electrons. The summed E-state index contributed by atoms with van der Waals surface area (Å²) in [6, 6.07) is 0. The second-order valence-corrected chi connectivity index (χ2v) is 18.5. The summed E-state index contributed by atoms with van der Waals surface area (Å²) in [6.45, 7) is 9.37. The fraction of sp³-hybridized carbons (Fsp3) is 1.00. The van der Waals surface area contributed by atoms with Crippen molar-refractivity contribution in [2.24, 2.45) is 0 Å². The van der Waals surface area contributed by atoms with Gasteiger partial charge in [-0.15, -0.1) is 0 Å². The maximum atomic E-state index is 7.44. The van der Waals surface area contributed by atoms with Gasteiger partial charge in [-0.2, -0.15) is 0 Å². The molecule has 0 saturated carbocycles. The summed E-state index contributed by atoms with van der Waals surface area (Å²) in [5.74, 6) is 0. The molecular formula is C16H44ClNO4P4Tc+4. The number of nitrogens with zero attached hydrogens (tertiary/aromatic N) is 1. The van der Waals surface area contributed by atoms with Crippen molar-refractivity contribution in [1.82, 2.24) is 0 Å². The van der Waals surface area contributed by atoms with E-state index in [4.69, 9.17) is 22.8 Å². The molecule has 27 heavy (non-hydrogen) atoms. The Morgan fingerprint density at radius 1 is 0.593 bits per heavy atom. The van der Waals surface area contributed by atoms with E-state index in [1.165, 1.54) is 24.6 Å². The van der Waals surface area contributed by atoms with Gasteiger partial charge >= 0.3 is 29.7 Å². The monoisotopic (exact) mass is 572 g/mol. The van der Waals surface area contributed by atoms with Gasteiger partial charge in [-0.1, -0.05) is 0 Å². The van der Waals surface area contributed by atoms with Crippen LogP contribution in [-0.2, 0) is 35.3 Å². The fourth-order valence-electron chi connectivity index (χ4n) is 2.13. The Labute approximate surface area is 185 Å². The molecule has 11 heteroatoms. The average molecular weight is 573 g/mol. The molecule has 4 atom stereocenters. The summed E-state index contributed by atoms with van der Waals surface area (Å²) >= 11 is -0.938. The number of methoxy groups -OCH3 is 4. The van der Waals surface area contributed by atoms with Gasteiger partial charge in [0.2, 0.25) is 0 Å². The number of hydrogen-bond acceptors (Lipinski definition) is 5. The van der Waals surface area contributed by atoms with Crippen LogP contribution in [0.4, 0.5) is 0 Å². The molecule has 0 aromatic heterocycles. The van der Waals surface area contributed by atoms with Crippen LogP contribution in [0.15, 0.2) is 0 Å². The predicted molar refractivity (Wildman–Crippen MR) is 132 cm³/mol. The normalized spacial score (nSPS) is 14.7. The number of ether oxygens (including phenoxy) is 4. The van der Waals surface area contributed by atoms with E-state index in [2.05, 4.69) is 36.2 Å². The molecule has 5 nitrogen and oxygen atoms in total. The second-order valence-electron chi connectivity index (χ2n) is 6.62. The molecule has 0 heterocycles. The molecule has 0 aliphatic rings. The van der Waals surface area contributed by atoms with Crippen molar-refractivity contribution in [1.29, 1.82) is 3.84 Å². The Kier molecular flexibility index (Phi) is 35.4. The van der Waals surface area contributed by atoms with Crippen molar-refractivity contribution in [2.45, 2.75) is 0 Å². The van der Waals surface area contributed by atoms with Gasteiger partial charge in [0.25, 0.3) is 0 Å². The Morgan fingerprint density at radius 3 is 0.852 bits per heavy atom. The van der Waals surface area contributed by atoms with Gasteiger partial charge in [-0.25, -0.2) is 0 Å². The number of rotatable bonds is 14. The zero-order chi connectivity index (χ0) is 21.5. The molecule has 0 spiro atoms. The van der Waals surface area contributed by atoms with Gasteiger partial charge in [-0.05, 0) is 0 Å². The van der Waals surface area contributed by atoms with Crippen molar-refractivity contribution in [3.63, 3.8) is 0 Å². The SMILES string of the molecule is COC[PH+](C)CC[PH+](C)COC.COC[PH+](C)CC[PH+](C)COC.[N]#[99Tc][Cl]. The van der Waals surface area contributed by atoms with Crippen LogP contribution in [0.1, 0.15) is 0 Å². The zero-order valence-electron chi connectivity index (χ0n) is 18.5. The summed E-state index contributed by atoms with van der Waals surface area (Å²) in [6.07, 6.45) is 9.50. The Hall–Kier alpha value is 2.21. The zero-order valence-corrected chi connectivity index (χ0v) is 25.1. The van der Waals surface area contributed by atoms with E-state index in [-0.39, 0.29) is 31.7 Å². The van der Waals surface area contributed by atoms with Crippen LogP contribution < -0.4 is 0 Å². The third kappa shape index (κ3) is 33.1. The van der Waals surface area contributed by atoms with Crippen LogP contribution in [0.25, 0.3) is 0 Å². The van der Waals surface area contributed by atoms with Crippen LogP contribution in [0.2, 0.25) is 0 Å². The molecule has 0 aliphatic carbocycles. The van der Waals surface area contributed by atoms with Gasteiger partial charge in [0, 0.05) is 86.8 Å². The standard InChI is InChI=1S/2C8H20O2P2.ClH.N.Tc/c2*1-9-7-11(3)5-6-12(4)8-10-2;;;/h2*5-8H2,1-4H3;1H;;/q;;;;+1/p+3/i;;;;1+1. The minimum absolute atomic E-state index is 0.206. The van der Waals surface area contributed by atoms with E-state index in [0.29, 0.717) is 0 Å². The van der Waals surface area contributed by atoms with Crippen LogP contribution in [0.5, 0.6) is 0 Å². The quantitative estimate of drug-likeness (QED) is 0.288. The van der Waals surface area contributed by atoms with E-state index in [1.54, 1.807) is 28.4 Å². The molecule has 0 N–H and O–H groups in total. The first kappa shape index (κ1) is 33.8. The molecule has 0 aliphatic heterocycles. The van der Waals surface area contributed by atoms with Crippen LogP contribution >= 0.6 is 41.3 Å². The van der Waals surface area contributed by atoms with Crippen LogP contribution in [-0.4, -0.2) is 105 Å². The van der Waals surface area contributed by atoms with Gasteiger partial charge in [0.15, 0.2) is 25.4 Å². The minimum atomic E-state index is -0.938.